The fourth-order valence-electron chi connectivity index (χ4n) is 7.43. The number of benzene rings is 3. The fraction of sp³-hybridized carbons (Fsp3) is 0.293. The van der Waals surface area contributed by atoms with Gasteiger partial charge in [-0.25, -0.2) is 0 Å². The number of aryl methyl sites for hydroxylation is 2. The Bertz CT molecular complexity index is 2420. The van der Waals surface area contributed by atoms with E-state index in [1.807, 2.05) is 66.1 Å². The van der Waals surface area contributed by atoms with E-state index in [1.54, 1.807) is 23.5 Å². The van der Waals surface area contributed by atoms with Crippen molar-refractivity contribution in [3.63, 3.8) is 0 Å². The van der Waals surface area contributed by atoms with Crippen LogP contribution in [0.3, 0.4) is 0 Å². The van der Waals surface area contributed by atoms with E-state index in [0.717, 1.165) is 50.0 Å². The third-order valence-corrected chi connectivity index (χ3v) is 11.8. The number of carbonyl (C=O) groups is 4. The van der Waals surface area contributed by atoms with Crippen LogP contribution in [0.4, 0.5) is 5.69 Å². The first-order chi connectivity index (χ1) is 27.0. The average molecular weight is 791 g/mol. The predicted octanol–water partition coefficient (Wildman–Crippen LogP) is 5.76. The number of aromatic nitrogens is 3. The van der Waals surface area contributed by atoms with E-state index in [9.17, 15) is 19.2 Å². The summed E-state index contributed by atoms with van der Waals surface area (Å²) in [5.41, 5.74) is 6.85. The van der Waals surface area contributed by atoms with Crippen LogP contribution in [0.5, 0.6) is 5.75 Å². The van der Waals surface area contributed by atoms with Crippen molar-refractivity contribution in [2.45, 2.75) is 65.2 Å². The summed E-state index contributed by atoms with van der Waals surface area (Å²) >= 11 is 7.91. The summed E-state index contributed by atoms with van der Waals surface area (Å²) in [5.74, 6) is 0.843. The highest BCUT2D eigenvalue weighted by Gasteiger charge is 2.40. The molecule has 5 heterocycles. The van der Waals surface area contributed by atoms with Crippen LogP contribution in [0.15, 0.2) is 71.7 Å². The molecule has 3 aliphatic heterocycles. The van der Waals surface area contributed by atoms with Gasteiger partial charge in [0.15, 0.2) is 5.82 Å². The lowest BCUT2D eigenvalue weighted by Crippen LogP contribution is -2.52. The van der Waals surface area contributed by atoms with E-state index in [-0.39, 0.29) is 37.1 Å². The van der Waals surface area contributed by atoms with E-state index in [4.69, 9.17) is 21.3 Å². The van der Waals surface area contributed by atoms with Crippen molar-refractivity contribution in [1.29, 1.82) is 0 Å². The number of amides is 4. The van der Waals surface area contributed by atoms with Crippen molar-refractivity contribution in [2.24, 2.45) is 4.99 Å². The maximum atomic E-state index is 13.6. The molecule has 2 atom stereocenters. The van der Waals surface area contributed by atoms with Gasteiger partial charge in [-0.15, -0.1) is 21.5 Å². The predicted molar refractivity (Wildman–Crippen MR) is 213 cm³/mol. The molecule has 4 amide bonds. The highest BCUT2D eigenvalue weighted by molar-refractivity contribution is 7.15. The van der Waals surface area contributed by atoms with E-state index in [0.29, 0.717) is 48.3 Å². The summed E-state index contributed by atoms with van der Waals surface area (Å²) in [4.78, 5) is 58.7. The Morgan fingerprint density at radius 3 is 2.64 bits per heavy atom. The Balaban J connectivity index is 0.895. The molecule has 1 saturated heterocycles. The highest BCUT2D eigenvalue weighted by atomic mass is 35.5. The number of anilines is 1. The lowest BCUT2D eigenvalue weighted by Gasteiger charge is -2.29. The number of aliphatic imine (C=N–C) groups is 1. The minimum Gasteiger partial charge on any atom is -0.492 e. The van der Waals surface area contributed by atoms with Gasteiger partial charge in [0.2, 0.25) is 17.7 Å². The van der Waals surface area contributed by atoms with Crippen LogP contribution >= 0.6 is 22.9 Å². The van der Waals surface area contributed by atoms with Gasteiger partial charge in [-0.05, 0) is 74.7 Å². The van der Waals surface area contributed by atoms with Gasteiger partial charge < -0.3 is 20.3 Å². The molecule has 286 valence electrons. The number of rotatable bonds is 11. The van der Waals surface area contributed by atoms with Crippen molar-refractivity contribution in [2.75, 3.05) is 18.5 Å². The van der Waals surface area contributed by atoms with Gasteiger partial charge in [-0.1, -0.05) is 41.9 Å². The first-order valence-corrected chi connectivity index (χ1v) is 19.6. The summed E-state index contributed by atoms with van der Waals surface area (Å²) in [6, 6.07) is 19.4. The van der Waals surface area contributed by atoms with E-state index in [2.05, 4.69) is 40.0 Å². The van der Waals surface area contributed by atoms with Gasteiger partial charge in [0.25, 0.3) is 5.91 Å². The molecule has 0 radical (unpaired) electrons. The van der Waals surface area contributed by atoms with Gasteiger partial charge in [0.1, 0.15) is 35.3 Å². The third kappa shape index (κ3) is 7.17. The molecule has 3 N–H and O–H groups in total. The smallest absolute Gasteiger partial charge is 0.255 e. The zero-order valence-electron chi connectivity index (χ0n) is 31.0. The number of imide groups is 1. The molecular weight excluding hydrogens is 752 g/mol. The molecule has 3 aromatic carbocycles. The van der Waals surface area contributed by atoms with Crippen molar-refractivity contribution in [3.8, 4) is 10.8 Å². The van der Waals surface area contributed by atoms with E-state index < -0.39 is 18.0 Å². The second-order valence-electron chi connectivity index (χ2n) is 14.0. The van der Waals surface area contributed by atoms with Crippen LogP contribution in [-0.2, 0) is 27.5 Å². The quantitative estimate of drug-likeness (QED) is 0.113. The molecular formula is C41H39ClN8O5S. The second-order valence-corrected chi connectivity index (χ2v) is 15.7. The number of thiophene rings is 1. The first kappa shape index (κ1) is 37.1. The number of hydrogen-bond donors (Lipinski definition) is 3. The summed E-state index contributed by atoms with van der Waals surface area (Å²) in [6.45, 7) is 7.47. The van der Waals surface area contributed by atoms with Crippen LogP contribution < -0.4 is 20.7 Å². The largest absolute Gasteiger partial charge is 0.492 e. The minimum absolute atomic E-state index is 0.0735. The number of hydrogen-bond acceptors (Lipinski definition) is 10. The maximum absolute atomic E-state index is 13.6. The van der Waals surface area contributed by atoms with Gasteiger partial charge in [0.05, 0.1) is 12.1 Å². The van der Waals surface area contributed by atoms with Crippen molar-refractivity contribution in [3.05, 3.63) is 122 Å². The molecule has 1 unspecified atom stereocenters. The number of nitrogens with zero attached hydrogens (tertiary/aromatic N) is 5. The average Bonchev–Trinajstić information content (AvgIpc) is 3.80. The zero-order valence-corrected chi connectivity index (χ0v) is 32.6. The standard InChI is InChI=1S/C41H39ClN8O5S/c1-22-23(2)56-41-36(22)37(26-10-12-27(42)13-11-26)45-32(38-48-47-24(3)50(38)41)19-35(52)44-20-25-6-4-7-28(18-25)55-17-16-43-31-9-5-8-29-30(31)21-49(40(29)54)33-14-15-34(51)46-39(33)53/h4-13,18,32-33,43H,14-17,19-21H2,1-3H3,(H,44,52)(H,46,51,53)/t32-,33?/m0/s1. The number of fused-ring (bicyclic) bond motifs is 4. The van der Waals surface area contributed by atoms with Gasteiger partial charge in [-0.3, -0.25) is 34.1 Å². The molecule has 2 aromatic heterocycles. The molecule has 13 nitrogen and oxygen atoms in total. The Labute approximate surface area is 332 Å². The van der Waals surface area contributed by atoms with Crippen LogP contribution in [-0.4, -0.2) is 68.2 Å². The fourth-order valence-corrected chi connectivity index (χ4v) is 8.77. The van der Waals surface area contributed by atoms with Crippen LogP contribution in [0.25, 0.3) is 5.00 Å². The summed E-state index contributed by atoms with van der Waals surface area (Å²) in [5, 5.41) is 19.3. The molecule has 15 heteroatoms. The summed E-state index contributed by atoms with van der Waals surface area (Å²) in [6.07, 6.45) is 0.588. The van der Waals surface area contributed by atoms with Crippen LogP contribution in [0.1, 0.15) is 80.0 Å². The van der Waals surface area contributed by atoms with Gasteiger partial charge >= 0.3 is 0 Å². The van der Waals surface area contributed by atoms with Crippen molar-refractivity contribution in [1.82, 2.24) is 30.3 Å². The molecule has 0 saturated carbocycles. The molecule has 1 fully saturated rings. The molecule has 0 bridgehead atoms. The third-order valence-electron chi connectivity index (χ3n) is 10.4. The number of halogens is 1. The monoisotopic (exact) mass is 790 g/mol. The van der Waals surface area contributed by atoms with E-state index >= 15 is 0 Å². The Kier molecular flexibility index (Phi) is 10.2. The molecule has 5 aromatic rings. The number of ether oxygens (including phenoxy) is 1. The van der Waals surface area contributed by atoms with Gasteiger partial charge in [-0.2, -0.15) is 0 Å². The zero-order chi connectivity index (χ0) is 39.1. The number of piperidine rings is 1. The lowest BCUT2D eigenvalue weighted by atomic mass is 9.99. The number of carbonyl (C=O) groups excluding carboxylic acids is 4. The Hall–Kier alpha value is -5.86. The maximum Gasteiger partial charge on any atom is 0.255 e. The summed E-state index contributed by atoms with van der Waals surface area (Å²) < 4.78 is 8.08. The van der Waals surface area contributed by atoms with Gasteiger partial charge in [0, 0.05) is 63.9 Å². The second kappa shape index (κ2) is 15.3. The Morgan fingerprint density at radius 2 is 1.84 bits per heavy atom. The summed E-state index contributed by atoms with van der Waals surface area (Å²) in [7, 11) is 0. The molecule has 0 spiro atoms. The molecule has 56 heavy (non-hydrogen) atoms. The van der Waals surface area contributed by atoms with Crippen molar-refractivity contribution < 1.29 is 23.9 Å². The topological polar surface area (TPSA) is 160 Å². The first-order valence-electron chi connectivity index (χ1n) is 18.4. The number of nitrogens with one attached hydrogen (secondary N) is 3. The molecule has 3 aliphatic rings. The highest BCUT2D eigenvalue weighted by Crippen LogP contribution is 2.40. The van der Waals surface area contributed by atoms with Crippen LogP contribution in [0.2, 0.25) is 5.02 Å². The lowest BCUT2D eigenvalue weighted by molar-refractivity contribution is -0.137. The Morgan fingerprint density at radius 1 is 1.04 bits per heavy atom. The van der Waals surface area contributed by atoms with Crippen molar-refractivity contribution >= 4 is 58.0 Å². The molecule has 8 rings (SSSR count). The molecule has 0 aliphatic carbocycles. The van der Waals surface area contributed by atoms with Crippen LogP contribution in [0, 0.1) is 20.8 Å². The van der Waals surface area contributed by atoms with E-state index in [1.165, 1.54) is 9.78 Å². The minimum atomic E-state index is -0.673. The normalized spacial score (nSPS) is 17.4. The SMILES string of the molecule is Cc1sc2c(c1C)C(c1ccc(Cl)cc1)=N[C@@H](CC(=O)NCc1cccc(OCCNc3cccc4c3CN(C3CCC(=O)NC3=O)C4=O)c1)c1nnc(C)n1-2.